The normalized spacial score (nSPS) is 12.6. The van der Waals surface area contributed by atoms with Crippen LogP contribution in [0.3, 0.4) is 0 Å². The predicted molar refractivity (Wildman–Crippen MR) is 291 cm³/mol. The number of anilines is 3. The molecule has 2 heteroatoms. The summed E-state index contributed by atoms with van der Waals surface area (Å²) in [6.45, 7) is 4.72. The van der Waals surface area contributed by atoms with Crippen LogP contribution >= 0.6 is 0 Å². The molecule has 326 valence electrons. The molecule has 0 aliphatic heterocycles. The van der Waals surface area contributed by atoms with Gasteiger partial charge in [0, 0.05) is 33.1 Å². The molecule has 12 aromatic rings. The second kappa shape index (κ2) is 16.3. The highest BCUT2D eigenvalue weighted by atomic mass is 16.3. The molecular formula is C67H47NO. The largest absolute Gasteiger partial charge is 0.456 e. The Kier molecular flexibility index (Phi) is 9.55. The molecule has 0 bridgehead atoms. The van der Waals surface area contributed by atoms with E-state index in [0.29, 0.717) is 0 Å². The van der Waals surface area contributed by atoms with E-state index in [-0.39, 0.29) is 5.41 Å². The fourth-order valence-corrected chi connectivity index (χ4v) is 11.1. The maximum absolute atomic E-state index is 6.64. The summed E-state index contributed by atoms with van der Waals surface area (Å²) >= 11 is 0. The van der Waals surface area contributed by atoms with Gasteiger partial charge in [0.25, 0.3) is 0 Å². The van der Waals surface area contributed by atoms with Gasteiger partial charge in [-0.1, -0.05) is 208 Å². The molecule has 0 saturated carbocycles. The van der Waals surface area contributed by atoms with Gasteiger partial charge in [-0.2, -0.15) is 0 Å². The van der Waals surface area contributed by atoms with Crippen molar-refractivity contribution in [2.45, 2.75) is 19.3 Å². The van der Waals surface area contributed by atoms with Crippen LogP contribution in [0.15, 0.2) is 253 Å². The Bertz CT molecular complexity index is 3930. The zero-order chi connectivity index (χ0) is 46.1. The Morgan fingerprint density at radius 2 is 0.884 bits per heavy atom. The Labute approximate surface area is 403 Å². The number of hydrogen-bond donors (Lipinski definition) is 0. The molecule has 1 aromatic heterocycles. The smallest absolute Gasteiger partial charge is 0.136 e. The lowest BCUT2D eigenvalue weighted by atomic mass is 9.81. The lowest BCUT2D eigenvalue weighted by molar-refractivity contribution is 0.660. The van der Waals surface area contributed by atoms with E-state index < -0.39 is 0 Å². The summed E-state index contributed by atoms with van der Waals surface area (Å²) in [7, 11) is 0. The van der Waals surface area contributed by atoms with Gasteiger partial charge in [0.2, 0.25) is 0 Å². The van der Waals surface area contributed by atoms with Crippen molar-refractivity contribution < 1.29 is 4.42 Å². The molecule has 1 heterocycles. The highest BCUT2D eigenvalue weighted by Gasteiger charge is 2.35. The summed E-state index contributed by atoms with van der Waals surface area (Å²) in [6, 6.07) is 90.8. The minimum absolute atomic E-state index is 0.151. The minimum Gasteiger partial charge on any atom is -0.456 e. The Hall–Kier alpha value is -8.72. The van der Waals surface area contributed by atoms with Crippen molar-refractivity contribution in [1.29, 1.82) is 0 Å². The van der Waals surface area contributed by atoms with Crippen LogP contribution in [0.2, 0.25) is 0 Å². The van der Waals surface area contributed by atoms with Gasteiger partial charge >= 0.3 is 0 Å². The zero-order valence-electron chi connectivity index (χ0n) is 38.5. The highest BCUT2D eigenvalue weighted by molar-refractivity contribution is 6.08. The first-order valence-corrected chi connectivity index (χ1v) is 23.9. The third-order valence-corrected chi connectivity index (χ3v) is 14.5. The number of benzene rings is 11. The summed E-state index contributed by atoms with van der Waals surface area (Å²) in [5.41, 5.74) is 21.8. The van der Waals surface area contributed by atoms with E-state index in [1.54, 1.807) is 0 Å². The summed E-state index contributed by atoms with van der Waals surface area (Å²) in [5.74, 6) is 0. The van der Waals surface area contributed by atoms with E-state index in [2.05, 4.69) is 261 Å². The molecule has 0 amide bonds. The van der Waals surface area contributed by atoms with Crippen LogP contribution in [0, 0.1) is 0 Å². The molecule has 0 unspecified atom stereocenters. The van der Waals surface area contributed by atoms with E-state index in [4.69, 9.17) is 4.42 Å². The van der Waals surface area contributed by atoms with E-state index in [1.165, 1.54) is 60.8 Å². The van der Waals surface area contributed by atoms with Crippen molar-refractivity contribution in [3.63, 3.8) is 0 Å². The number of para-hydroxylation sites is 1. The summed E-state index contributed by atoms with van der Waals surface area (Å²) < 4.78 is 6.64. The lowest BCUT2D eigenvalue weighted by Crippen LogP contribution is -2.15. The van der Waals surface area contributed by atoms with E-state index in [1.807, 2.05) is 6.07 Å². The molecule has 0 radical (unpaired) electrons. The van der Waals surface area contributed by atoms with Gasteiger partial charge in [0.05, 0.1) is 5.69 Å². The SMILES string of the molecule is CC1(C)c2ccccc2-c2ccc(-c3cccc(N(c4ccc(-c5ccccc5-c5ccccc5)cc4)c4cccc(-c5cccc6ccccc56)c4)c3-c3ccc4c(c3)oc3ccccc34)cc21. The molecular weight excluding hydrogens is 835 g/mol. The molecule has 0 spiro atoms. The van der Waals surface area contributed by atoms with Gasteiger partial charge in [0.1, 0.15) is 11.2 Å². The first-order chi connectivity index (χ1) is 34.0. The van der Waals surface area contributed by atoms with Crippen LogP contribution in [0.4, 0.5) is 17.1 Å². The van der Waals surface area contributed by atoms with E-state index in [9.17, 15) is 0 Å². The third kappa shape index (κ3) is 6.79. The predicted octanol–water partition coefficient (Wildman–Crippen LogP) is 18.9. The second-order valence-corrected chi connectivity index (χ2v) is 18.8. The van der Waals surface area contributed by atoms with Crippen molar-refractivity contribution in [2.75, 3.05) is 4.90 Å². The van der Waals surface area contributed by atoms with Gasteiger partial charge in [-0.3, -0.25) is 0 Å². The van der Waals surface area contributed by atoms with E-state index in [0.717, 1.165) is 66.8 Å². The van der Waals surface area contributed by atoms with Crippen LogP contribution in [0.5, 0.6) is 0 Å². The van der Waals surface area contributed by atoms with Gasteiger partial charge in [0.15, 0.2) is 0 Å². The van der Waals surface area contributed by atoms with Crippen LogP contribution in [0.1, 0.15) is 25.0 Å². The van der Waals surface area contributed by atoms with Crippen LogP contribution in [-0.4, -0.2) is 0 Å². The fraction of sp³-hybridized carbons (Fsp3) is 0.0448. The van der Waals surface area contributed by atoms with Gasteiger partial charge < -0.3 is 9.32 Å². The first kappa shape index (κ1) is 40.5. The molecule has 69 heavy (non-hydrogen) atoms. The second-order valence-electron chi connectivity index (χ2n) is 18.8. The van der Waals surface area contributed by atoms with Crippen LogP contribution in [-0.2, 0) is 5.41 Å². The van der Waals surface area contributed by atoms with Crippen molar-refractivity contribution in [3.05, 3.63) is 260 Å². The molecule has 0 N–H and O–H groups in total. The average molecular weight is 882 g/mol. The summed E-state index contributed by atoms with van der Waals surface area (Å²) in [5, 5.41) is 4.68. The maximum atomic E-state index is 6.64. The van der Waals surface area contributed by atoms with Crippen molar-refractivity contribution in [1.82, 2.24) is 0 Å². The summed E-state index contributed by atoms with van der Waals surface area (Å²) in [4.78, 5) is 2.45. The molecule has 2 nitrogen and oxygen atoms in total. The molecule has 0 fully saturated rings. The number of nitrogens with zero attached hydrogens (tertiary/aromatic N) is 1. The Morgan fingerprint density at radius 3 is 1.72 bits per heavy atom. The number of furan rings is 1. The summed E-state index contributed by atoms with van der Waals surface area (Å²) in [6.07, 6.45) is 0. The third-order valence-electron chi connectivity index (χ3n) is 14.5. The fourth-order valence-electron chi connectivity index (χ4n) is 11.1. The van der Waals surface area contributed by atoms with Gasteiger partial charge in [-0.05, 0) is 138 Å². The molecule has 11 aromatic carbocycles. The topological polar surface area (TPSA) is 16.4 Å². The molecule has 1 aliphatic carbocycles. The lowest BCUT2D eigenvalue weighted by Gasteiger charge is -2.30. The van der Waals surface area contributed by atoms with E-state index >= 15 is 0 Å². The Balaban J connectivity index is 1.05. The average Bonchev–Trinajstić information content (AvgIpc) is 3.89. The number of rotatable bonds is 8. The van der Waals surface area contributed by atoms with Crippen LogP contribution < -0.4 is 4.90 Å². The molecule has 13 rings (SSSR count). The molecule has 1 aliphatic rings. The number of fused-ring (bicyclic) bond motifs is 7. The van der Waals surface area contributed by atoms with Crippen molar-refractivity contribution >= 4 is 49.8 Å². The number of hydrogen-bond acceptors (Lipinski definition) is 2. The maximum Gasteiger partial charge on any atom is 0.136 e. The van der Waals surface area contributed by atoms with Crippen molar-refractivity contribution in [2.24, 2.45) is 0 Å². The first-order valence-electron chi connectivity index (χ1n) is 23.9. The highest BCUT2D eigenvalue weighted by Crippen LogP contribution is 2.52. The Morgan fingerprint density at radius 1 is 0.319 bits per heavy atom. The molecule has 0 atom stereocenters. The van der Waals surface area contributed by atoms with Gasteiger partial charge in [-0.15, -0.1) is 0 Å². The quantitative estimate of drug-likeness (QED) is 0.151. The minimum atomic E-state index is -0.151. The van der Waals surface area contributed by atoms with Gasteiger partial charge in [-0.25, -0.2) is 0 Å². The van der Waals surface area contributed by atoms with Crippen LogP contribution in [0.25, 0.3) is 99.5 Å². The standard InChI is InChI=1S/C67H47NO/c1-67(2)61-30-12-10-26-57(61)58-39-35-48(42-62(58)67)56-29-16-31-63(66(56)49-36-40-60-59-27-11-13-32-64(59)69-65(60)43-49)68(51-22-14-21-47(41-51)55-28-15-20-45-19-6-7-23-53(45)55)50-37-33-46(34-38-50)54-25-9-8-24-52(54)44-17-4-3-5-18-44/h3-43H,1-2H3. The zero-order valence-corrected chi connectivity index (χ0v) is 38.5. The van der Waals surface area contributed by atoms with Crippen molar-refractivity contribution in [3.8, 4) is 66.8 Å². The monoisotopic (exact) mass is 881 g/mol. The molecule has 0 saturated heterocycles.